The van der Waals surface area contributed by atoms with Crippen molar-refractivity contribution in [3.8, 4) is 0 Å². The second-order valence-corrected chi connectivity index (χ2v) is 7.43. The SMILES string of the molecule is CCC(C)(C)NC(=O)C(C)N1CCN(S(N)(=O)=O)CC1. The van der Waals surface area contributed by atoms with E-state index in [0.29, 0.717) is 26.2 Å². The number of hydrogen-bond acceptors (Lipinski definition) is 4. The molecule has 1 atom stereocenters. The van der Waals surface area contributed by atoms with Crippen LogP contribution >= 0.6 is 0 Å². The molecular formula is C12H26N4O3S. The minimum absolute atomic E-state index is 0.0269. The highest BCUT2D eigenvalue weighted by atomic mass is 32.2. The van der Waals surface area contributed by atoms with Gasteiger partial charge in [-0.05, 0) is 27.2 Å². The molecule has 7 nitrogen and oxygen atoms in total. The van der Waals surface area contributed by atoms with Gasteiger partial charge in [0.2, 0.25) is 5.91 Å². The molecule has 1 rings (SSSR count). The van der Waals surface area contributed by atoms with Gasteiger partial charge in [-0.15, -0.1) is 0 Å². The Morgan fingerprint density at radius 1 is 1.30 bits per heavy atom. The summed E-state index contributed by atoms with van der Waals surface area (Å²) in [5.41, 5.74) is -0.228. The lowest BCUT2D eigenvalue weighted by Gasteiger charge is -2.37. The zero-order valence-corrected chi connectivity index (χ0v) is 13.5. The second-order valence-electron chi connectivity index (χ2n) is 5.88. The Bertz CT molecular complexity index is 442. The van der Waals surface area contributed by atoms with Crippen LogP contribution < -0.4 is 10.5 Å². The molecule has 1 unspecified atom stereocenters. The van der Waals surface area contributed by atoms with E-state index in [4.69, 9.17) is 5.14 Å². The molecule has 118 valence electrons. The van der Waals surface area contributed by atoms with Crippen LogP contribution in [0.4, 0.5) is 0 Å². The summed E-state index contributed by atoms with van der Waals surface area (Å²) in [6.45, 7) is 9.51. The molecule has 0 aromatic carbocycles. The number of rotatable bonds is 5. The van der Waals surface area contributed by atoms with E-state index in [0.717, 1.165) is 6.42 Å². The number of hydrogen-bond donors (Lipinski definition) is 2. The number of carbonyl (C=O) groups excluding carboxylic acids is 1. The summed E-state index contributed by atoms with van der Waals surface area (Å²) in [5, 5.41) is 8.10. The van der Waals surface area contributed by atoms with Crippen LogP contribution in [0.15, 0.2) is 0 Å². The van der Waals surface area contributed by atoms with Gasteiger partial charge in [-0.2, -0.15) is 12.7 Å². The molecule has 0 radical (unpaired) electrons. The van der Waals surface area contributed by atoms with Crippen molar-refractivity contribution < 1.29 is 13.2 Å². The van der Waals surface area contributed by atoms with Crippen LogP contribution in [0.25, 0.3) is 0 Å². The Morgan fingerprint density at radius 2 is 1.80 bits per heavy atom. The maximum atomic E-state index is 12.2. The number of piperazine rings is 1. The molecule has 1 amide bonds. The molecule has 0 aromatic rings. The first-order chi connectivity index (χ1) is 9.07. The van der Waals surface area contributed by atoms with Gasteiger partial charge in [0, 0.05) is 31.7 Å². The lowest BCUT2D eigenvalue weighted by atomic mass is 10.0. The topological polar surface area (TPSA) is 95.7 Å². The molecular weight excluding hydrogens is 280 g/mol. The molecule has 1 heterocycles. The Balaban J connectivity index is 2.55. The van der Waals surface area contributed by atoms with Crippen molar-refractivity contribution in [2.45, 2.75) is 45.7 Å². The van der Waals surface area contributed by atoms with Crippen molar-refractivity contribution in [1.29, 1.82) is 0 Å². The third kappa shape index (κ3) is 4.69. The van der Waals surface area contributed by atoms with E-state index in [1.165, 1.54) is 4.31 Å². The third-order valence-corrected chi connectivity index (χ3v) is 4.99. The van der Waals surface area contributed by atoms with Crippen molar-refractivity contribution in [3.63, 3.8) is 0 Å². The van der Waals surface area contributed by atoms with Gasteiger partial charge in [-0.3, -0.25) is 9.69 Å². The highest BCUT2D eigenvalue weighted by Crippen LogP contribution is 2.11. The zero-order chi connectivity index (χ0) is 15.6. The molecule has 0 aliphatic carbocycles. The fourth-order valence-electron chi connectivity index (χ4n) is 2.04. The van der Waals surface area contributed by atoms with Gasteiger partial charge in [0.25, 0.3) is 10.2 Å². The zero-order valence-electron chi connectivity index (χ0n) is 12.7. The summed E-state index contributed by atoms with van der Waals surface area (Å²) in [6, 6.07) is -0.275. The number of amides is 1. The van der Waals surface area contributed by atoms with Gasteiger partial charge in [0.15, 0.2) is 0 Å². The summed E-state index contributed by atoms with van der Waals surface area (Å²) in [7, 11) is -3.62. The van der Waals surface area contributed by atoms with E-state index >= 15 is 0 Å². The van der Waals surface area contributed by atoms with Crippen LogP contribution in [0.3, 0.4) is 0 Å². The molecule has 0 aromatic heterocycles. The fraction of sp³-hybridized carbons (Fsp3) is 0.917. The third-order valence-electron chi connectivity index (χ3n) is 3.91. The van der Waals surface area contributed by atoms with E-state index in [1.807, 2.05) is 32.6 Å². The lowest BCUT2D eigenvalue weighted by Crippen LogP contribution is -2.57. The van der Waals surface area contributed by atoms with Crippen LogP contribution in [0.5, 0.6) is 0 Å². The molecule has 0 spiro atoms. The Kier molecular flexibility index (Phi) is 5.54. The molecule has 0 bridgehead atoms. The average molecular weight is 306 g/mol. The second kappa shape index (κ2) is 6.38. The highest BCUT2D eigenvalue weighted by molar-refractivity contribution is 7.86. The number of nitrogens with two attached hydrogens (primary N) is 1. The molecule has 8 heteroatoms. The monoisotopic (exact) mass is 306 g/mol. The smallest absolute Gasteiger partial charge is 0.276 e. The molecule has 20 heavy (non-hydrogen) atoms. The minimum Gasteiger partial charge on any atom is -0.350 e. The highest BCUT2D eigenvalue weighted by Gasteiger charge is 2.30. The van der Waals surface area contributed by atoms with Crippen molar-refractivity contribution in [3.05, 3.63) is 0 Å². The molecule has 1 aliphatic rings. The molecule has 1 fully saturated rings. The first kappa shape index (κ1) is 17.4. The minimum atomic E-state index is -3.62. The Hall–Kier alpha value is -0.700. The van der Waals surface area contributed by atoms with Crippen molar-refractivity contribution >= 4 is 16.1 Å². The van der Waals surface area contributed by atoms with Crippen molar-refractivity contribution in [2.75, 3.05) is 26.2 Å². The summed E-state index contributed by atoms with van der Waals surface area (Å²) in [5.74, 6) is -0.0269. The first-order valence-electron chi connectivity index (χ1n) is 6.91. The lowest BCUT2D eigenvalue weighted by molar-refractivity contribution is -0.128. The van der Waals surface area contributed by atoms with Crippen molar-refractivity contribution in [2.24, 2.45) is 5.14 Å². The van der Waals surface area contributed by atoms with Crippen LogP contribution in [0.1, 0.15) is 34.1 Å². The number of nitrogens with one attached hydrogen (secondary N) is 1. The van der Waals surface area contributed by atoms with Gasteiger partial charge in [0.05, 0.1) is 6.04 Å². The van der Waals surface area contributed by atoms with Gasteiger partial charge in [-0.1, -0.05) is 6.92 Å². The molecule has 3 N–H and O–H groups in total. The fourth-order valence-corrected chi connectivity index (χ4v) is 2.71. The quantitative estimate of drug-likeness (QED) is 0.716. The van der Waals surface area contributed by atoms with E-state index in [2.05, 4.69) is 5.32 Å². The van der Waals surface area contributed by atoms with Crippen LogP contribution in [-0.4, -0.2) is 61.3 Å². The van der Waals surface area contributed by atoms with Gasteiger partial charge in [0.1, 0.15) is 0 Å². The van der Waals surface area contributed by atoms with E-state index < -0.39 is 10.2 Å². The normalized spacial score (nSPS) is 20.6. The summed E-state index contributed by atoms with van der Waals surface area (Å²) < 4.78 is 23.7. The predicted octanol–water partition coefficient (Wildman–Crippen LogP) is -0.499. The van der Waals surface area contributed by atoms with Gasteiger partial charge in [-0.25, -0.2) is 5.14 Å². The molecule has 1 aliphatic heterocycles. The molecule has 0 saturated carbocycles. The van der Waals surface area contributed by atoms with E-state index in [-0.39, 0.29) is 17.5 Å². The maximum Gasteiger partial charge on any atom is 0.276 e. The summed E-state index contributed by atoms with van der Waals surface area (Å²) in [4.78, 5) is 14.2. The van der Waals surface area contributed by atoms with Crippen LogP contribution in [0.2, 0.25) is 0 Å². The van der Waals surface area contributed by atoms with Crippen LogP contribution in [0, 0.1) is 0 Å². The van der Waals surface area contributed by atoms with Crippen molar-refractivity contribution in [1.82, 2.24) is 14.5 Å². The van der Waals surface area contributed by atoms with E-state index in [1.54, 1.807) is 0 Å². The Morgan fingerprint density at radius 3 is 2.20 bits per heavy atom. The van der Waals surface area contributed by atoms with Crippen LogP contribution in [-0.2, 0) is 15.0 Å². The van der Waals surface area contributed by atoms with Gasteiger partial charge < -0.3 is 5.32 Å². The summed E-state index contributed by atoms with van der Waals surface area (Å²) >= 11 is 0. The summed E-state index contributed by atoms with van der Waals surface area (Å²) in [6.07, 6.45) is 0.852. The van der Waals surface area contributed by atoms with E-state index in [9.17, 15) is 13.2 Å². The maximum absolute atomic E-state index is 12.2. The first-order valence-corrected chi connectivity index (χ1v) is 8.41. The largest absolute Gasteiger partial charge is 0.350 e. The standard InChI is InChI=1S/C12H26N4O3S/c1-5-12(3,4)14-11(17)10(2)15-6-8-16(9-7-15)20(13,18)19/h10H,5-9H2,1-4H3,(H,14,17)(H2,13,18,19). The predicted molar refractivity (Wildman–Crippen MR) is 78.2 cm³/mol. The number of carbonyl (C=O) groups is 1. The van der Waals surface area contributed by atoms with Gasteiger partial charge >= 0.3 is 0 Å². The average Bonchev–Trinajstić information content (AvgIpc) is 2.36. The molecule has 1 saturated heterocycles. The Labute approximate surface area is 121 Å². The number of nitrogens with zero attached hydrogens (tertiary/aromatic N) is 2.